The molecule has 134 valence electrons. The summed E-state index contributed by atoms with van der Waals surface area (Å²) in [7, 11) is 0. The van der Waals surface area contributed by atoms with Crippen molar-refractivity contribution in [2.24, 2.45) is 4.99 Å². The van der Waals surface area contributed by atoms with Crippen LogP contribution in [0, 0.1) is 0 Å². The molecule has 1 aliphatic heterocycles. The van der Waals surface area contributed by atoms with Crippen LogP contribution in [0.2, 0.25) is 0 Å². The fourth-order valence-corrected chi connectivity index (χ4v) is 3.79. The first-order valence-electron chi connectivity index (χ1n) is 9.16. The number of thiocarbonyl (C=S) groups is 1. The summed E-state index contributed by atoms with van der Waals surface area (Å²) in [6.45, 7) is 4.11. The Bertz CT molecular complexity index is 817. The molecular formula is C22H24N2OS. The zero-order chi connectivity index (χ0) is 18.6. The number of unbranched alkanes of at least 4 members (excludes halogenated alkanes) is 2. The average Bonchev–Trinajstić information content (AvgIpc) is 2.95. The smallest absolute Gasteiger partial charge is 0.229 e. The quantitative estimate of drug-likeness (QED) is 0.528. The number of nitrogens with zero attached hydrogens (tertiary/aromatic N) is 2. The van der Waals surface area contributed by atoms with Gasteiger partial charge in [-0.2, -0.15) is 0 Å². The number of carbonyl (C=O) groups excluding carboxylic acids is 1. The van der Waals surface area contributed by atoms with Crippen molar-refractivity contribution >= 4 is 28.8 Å². The molecule has 2 aromatic rings. The lowest BCUT2D eigenvalue weighted by molar-refractivity contribution is -0.131. The fourth-order valence-electron chi connectivity index (χ4n) is 3.34. The molecule has 0 N–H and O–H groups in total. The van der Waals surface area contributed by atoms with E-state index in [0.29, 0.717) is 11.4 Å². The number of carbonyl (C=O) groups is 1. The van der Waals surface area contributed by atoms with Crippen LogP contribution < -0.4 is 0 Å². The number of hydrogen-bond donors (Lipinski definition) is 0. The molecule has 0 saturated heterocycles. The van der Waals surface area contributed by atoms with E-state index in [2.05, 4.69) is 6.92 Å². The van der Waals surface area contributed by atoms with Crippen LogP contribution in [0.1, 0.15) is 50.7 Å². The predicted octanol–water partition coefficient (Wildman–Crippen LogP) is 5.10. The largest absolute Gasteiger partial charge is 0.274 e. The Morgan fingerprint density at radius 3 is 2.27 bits per heavy atom. The van der Waals surface area contributed by atoms with Gasteiger partial charge in [0.05, 0.1) is 0 Å². The average molecular weight is 365 g/mol. The highest BCUT2D eigenvalue weighted by Gasteiger charge is 2.45. The first-order valence-corrected chi connectivity index (χ1v) is 9.57. The molecule has 1 aliphatic rings. The van der Waals surface area contributed by atoms with Crippen molar-refractivity contribution in [3.05, 3.63) is 71.8 Å². The summed E-state index contributed by atoms with van der Waals surface area (Å²) < 4.78 is 0. The predicted molar refractivity (Wildman–Crippen MR) is 110 cm³/mol. The van der Waals surface area contributed by atoms with Crippen molar-refractivity contribution in [1.82, 2.24) is 4.90 Å². The normalized spacial score (nSPS) is 19.5. The summed E-state index contributed by atoms with van der Waals surface area (Å²) in [5.41, 5.74) is 1.84. The molecule has 4 heteroatoms. The molecule has 0 radical (unpaired) electrons. The van der Waals surface area contributed by atoms with Gasteiger partial charge in [-0.15, -0.1) is 0 Å². The van der Waals surface area contributed by atoms with Crippen LogP contribution in [0.5, 0.6) is 0 Å². The number of rotatable bonds is 6. The topological polar surface area (TPSA) is 32.7 Å². The van der Waals surface area contributed by atoms with Gasteiger partial charge in [0.1, 0.15) is 10.7 Å². The second kappa shape index (κ2) is 7.92. The van der Waals surface area contributed by atoms with Crippen LogP contribution in [0.3, 0.4) is 0 Å². The molecule has 0 saturated carbocycles. The van der Waals surface area contributed by atoms with Crippen molar-refractivity contribution in [1.29, 1.82) is 0 Å². The van der Waals surface area contributed by atoms with Crippen molar-refractivity contribution < 1.29 is 4.79 Å². The van der Waals surface area contributed by atoms with Gasteiger partial charge in [0.15, 0.2) is 5.66 Å². The highest BCUT2D eigenvalue weighted by molar-refractivity contribution is 7.82. The van der Waals surface area contributed by atoms with Crippen LogP contribution in [0.4, 0.5) is 0 Å². The van der Waals surface area contributed by atoms with E-state index in [4.69, 9.17) is 17.2 Å². The summed E-state index contributed by atoms with van der Waals surface area (Å²) >= 11 is 5.72. The Morgan fingerprint density at radius 1 is 1.04 bits per heavy atom. The molecule has 3 rings (SSSR count). The molecule has 1 atom stereocenters. The Kier molecular flexibility index (Phi) is 5.62. The first kappa shape index (κ1) is 18.5. The van der Waals surface area contributed by atoms with E-state index in [-0.39, 0.29) is 5.91 Å². The van der Waals surface area contributed by atoms with E-state index in [1.54, 1.807) is 4.90 Å². The van der Waals surface area contributed by atoms with E-state index in [9.17, 15) is 4.79 Å². The maximum absolute atomic E-state index is 13.1. The molecule has 0 aromatic heterocycles. The van der Waals surface area contributed by atoms with Crippen molar-refractivity contribution in [2.75, 3.05) is 0 Å². The number of hydrogen-bond acceptors (Lipinski definition) is 3. The van der Waals surface area contributed by atoms with E-state index >= 15 is 0 Å². The van der Waals surface area contributed by atoms with Crippen LogP contribution in [0.15, 0.2) is 65.7 Å². The SMILES string of the molecule is CCCCCC(=O)N1C(=S)C(c2ccccc2)=NC1(C)c1ccccc1. The minimum Gasteiger partial charge on any atom is -0.274 e. The van der Waals surface area contributed by atoms with Gasteiger partial charge in [-0.05, 0) is 18.9 Å². The van der Waals surface area contributed by atoms with Gasteiger partial charge in [0.2, 0.25) is 5.91 Å². The summed E-state index contributed by atoms with van der Waals surface area (Å²) in [5, 5.41) is 0. The molecule has 2 aromatic carbocycles. The van der Waals surface area contributed by atoms with Gasteiger partial charge in [-0.1, -0.05) is 92.6 Å². The summed E-state index contributed by atoms with van der Waals surface area (Å²) in [4.78, 5) is 20.2. The molecule has 1 unspecified atom stereocenters. The Hall–Kier alpha value is -2.33. The van der Waals surface area contributed by atoms with Gasteiger partial charge in [0, 0.05) is 12.0 Å². The fraction of sp³-hybridized carbons (Fsp3) is 0.318. The molecular weight excluding hydrogens is 340 g/mol. The standard InChI is InChI=1S/C22H24N2OS/c1-3-4-7-16-19(25)24-21(26)20(17-12-8-5-9-13-17)23-22(24,2)18-14-10-6-11-15-18/h5-6,8-15H,3-4,7,16H2,1-2H3. The Morgan fingerprint density at radius 2 is 1.65 bits per heavy atom. The third-order valence-corrected chi connectivity index (χ3v) is 5.16. The summed E-state index contributed by atoms with van der Waals surface area (Å²) in [5.74, 6) is 0.0458. The molecule has 0 bridgehead atoms. The van der Waals surface area contributed by atoms with Crippen molar-refractivity contribution in [2.45, 2.75) is 45.2 Å². The monoisotopic (exact) mass is 364 g/mol. The Balaban J connectivity index is 2.02. The lowest BCUT2D eigenvalue weighted by atomic mass is 10.0. The van der Waals surface area contributed by atoms with Crippen molar-refractivity contribution in [3.63, 3.8) is 0 Å². The maximum Gasteiger partial charge on any atom is 0.229 e. The molecule has 1 heterocycles. The van der Waals surface area contributed by atoms with E-state index in [1.165, 1.54) is 0 Å². The highest BCUT2D eigenvalue weighted by Crippen LogP contribution is 2.37. The zero-order valence-electron chi connectivity index (χ0n) is 15.3. The van der Waals surface area contributed by atoms with E-state index in [0.717, 1.165) is 36.1 Å². The summed E-state index contributed by atoms with van der Waals surface area (Å²) in [6, 6.07) is 19.8. The minimum absolute atomic E-state index is 0.0458. The summed E-state index contributed by atoms with van der Waals surface area (Å²) in [6.07, 6.45) is 3.49. The first-order chi connectivity index (χ1) is 12.6. The second-order valence-corrected chi connectivity index (χ2v) is 7.09. The minimum atomic E-state index is -0.799. The molecule has 26 heavy (non-hydrogen) atoms. The van der Waals surface area contributed by atoms with Crippen LogP contribution in [0.25, 0.3) is 0 Å². The third kappa shape index (κ3) is 3.47. The van der Waals surface area contributed by atoms with Gasteiger partial charge in [0.25, 0.3) is 0 Å². The van der Waals surface area contributed by atoms with Gasteiger partial charge in [-0.25, -0.2) is 4.99 Å². The molecule has 0 aliphatic carbocycles. The number of benzene rings is 2. The molecule has 1 amide bonds. The second-order valence-electron chi connectivity index (χ2n) is 6.70. The number of amides is 1. The van der Waals surface area contributed by atoms with Crippen LogP contribution in [-0.4, -0.2) is 21.5 Å². The maximum atomic E-state index is 13.1. The van der Waals surface area contributed by atoms with Gasteiger partial charge < -0.3 is 0 Å². The van der Waals surface area contributed by atoms with E-state index in [1.807, 2.05) is 67.6 Å². The lowest BCUT2D eigenvalue weighted by Gasteiger charge is -2.33. The molecule has 3 nitrogen and oxygen atoms in total. The Labute approximate surface area is 160 Å². The lowest BCUT2D eigenvalue weighted by Crippen LogP contribution is -2.46. The molecule has 0 spiro atoms. The van der Waals surface area contributed by atoms with Crippen LogP contribution >= 0.6 is 12.2 Å². The van der Waals surface area contributed by atoms with Crippen molar-refractivity contribution in [3.8, 4) is 0 Å². The number of aliphatic imine (C=N–C) groups is 1. The van der Waals surface area contributed by atoms with Crippen LogP contribution in [-0.2, 0) is 10.5 Å². The van der Waals surface area contributed by atoms with Gasteiger partial charge in [-0.3, -0.25) is 9.69 Å². The van der Waals surface area contributed by atoms with Gasteiger partial charge >= 0.3 is 0 Å². The third-order valence-electron chi connectivity index (χ3n) is 4.78. The highest BCUT2D eigenvalue weighted by atomic mass is 32.1. The van der Waals surface area contributed by atoms with E-state index < -0.39 is 5.66 Å². The molecule has 0 fully saturated rings. The zero-order valence-corrected chi connectivity index (χ0v) is 16.1.